The van der Waals surface area contributed by atoms with Gasteiger partial charge in [0.25, 0.3) is 0 Å². The van der Waals surface area contributed by atoms with E-state index in [1.807, 2.05) is 6.07 Å². The number of hydrogen-bond donors (Lipinski definition) is 0. The Morgan fingerprint density at radius 3 is 2.50 bits per heavy atom. The van der Waals surface area contributed by atoms with Gasteiger partial charge in [-0.2, -0.15) is 0 Å². The highest BCUT2D eigenvalue weighted by Gasteiger charge is 2.40. The van der Waals surface area contributed by atoms with Gasteiger partial charge in [0.05, 0.1) is 9.50 Å². The van der Waals surface area contributed by atoms with Crippen LogP contribution in [0, 0.1) is 0 Å². The van der Waals surface area contributed by atoms with E-state index < -0.39 is 0 Å². The van der Waals surface area contributed by atoms with Crippen LogP contribution in [0.4, 0.5) is 5.82 Å². The molecule has 0 amide bonds. The van der Waals surface area contributed by atoms with Gasteiger partial charge in [-0.1, -0.05) is 11.6 Å². The summed E-state index contributed by atoms with van der Waals surface area (Å²) in [5, 5.41) is 0.657. The maximum absolute atomic E-state index is 5.92. The number of aromatic nitrogens is 1. The van der Waals surface area contributed by atoms with Crippen LogP contribution in [0.2, 0.25) is 5.02 Å². The Kier molecular flexibility index (Phi) is 4.19. The zero-order valence-electron chi connectivity index (χ0n) is 11.1. The van der Waals surface area contributed by atoms with Gasteiger partial charge in [0.15, 0.2) is 0 Å². The first kappa shape index (κ1) is 14.1. The third-order valence-electron chi connectivity index (χ3n) is 3.91. The molecule has 0 aromatic carbocycles. The summed E-state index contributed by atoms with van der Waals surface area (Å²) in [6.45, 7) is 0.993. The van der Waals surface area contributed by atoms with Gasteiger partial charge in [-0.05, 0) is 55.4 Å². The largest absolute Gasteiger partial charge is 0.357 e. The summed E-state index contributed by atoms with van der Waals surface area (Å²) >= 11 is 9.45. The molecule has 3 nitrogen and oxygen atoms in total. The van der Waals surface area contributed by atoms with E-state index in [9.17, 15) is 0 Å². The van der Waals surface area contributed by atoms with Crippen molar-refractivity contribution in [3.05, 3.63) is 21.8 Å². The lowest BCUT2D eigenvalue weighted by Crippen LogP contribution is -2.56. The van der Waals surface area contributed by atoms with Crippen LogP contribution in [-0.2, 0) is 0 Å². The molecule has 1 aliphatic carbocycles. The Hall–Kier alpha value is -0.320. The van der Waals surface area contributed by atoms with Crippen molar-refractivity contribution in [2.75, 3.05) is 32.6 Å². The molecule has 18 heavy (non-hydrogen) atoms. The summed E-state index contributed by atoms with van der Waals surface area (Å²) in [5.74, 6) is 0.951. The van der Waals surface area contributed by atoms with Crippen LogP contribution in [0.1, 0.15) is 19.3 Å². The van der Waals surface area contributed by atoms with Crippen LogP contribution in [0.5, 0.6) is 0 Å². The normalized spacial score (nSPS) is 17.7. The van der Waals surface area contributed by atoms with Crippen molar-refractivity contribution in [1.82, 2.24) is 9.88 Å². The quantitative estimate of drug-likeness (QED) is 0.842. The molecular weight excluding hydrogens is 314 g/mol. The Morgan fingerprint density at radius 1 is 1.39 bits per heavy atom. The van der Waals surface area contributed by atoms with E-state index in [1.54, 1.807) is 6.20 Å². The highest BCUT2D eigenvalue weighted by molar-refractivity contribution is 9.10. The number of pyridine rings is 1. The second-order valence-corrected chi connectivity index (χ2v) is 6.58. The molecule has 0 atom stereocenters. The zero-order chi connectivity index (χ0) is 13.3. The smallest absolute Gasteiger partial charge is 0.142 e. The maximum Gasteiger partial charge on any atom is 0.142 e. The van der Waals surface area contributed by atoms with Gasteiger partial charge in [-0.3, -0.25) is 0 Å². The van der Waals surface area contributed by atoms with Crippen LogP contribution in [0.15, 0.2) is 16.7 Å². The van der Waals surface area contributed by atoms with Crippen molar-refractivity contribution in [2.24, 2.45) is 0 Å². The average molecular weight is 333 g/mol. The fourth-order valence-corrected chi connectivity index (χ4v) is 3.48. The van der Waals surface area contributed by atoms with Gasteiger partial charge < -0.3 is 9.80 Å². The number of likely N-dealkylation sites (N-methyl/N-ethyl adjacent to an activating group) is 2. The first-order valence-corrected chi connectivity index (χ1v) is 7.31. The topological polar surface area (TPSA) is 19.4 Å². The first-order valence-electron chi connectivity index (χ1n) is 6.14. The molecule has 1 aromatic heterocycles. The predicted octanol–water partition coefficient (Wildman–Crippen LogP) is 3.42. The van der Waals surface area contributed by atoms with E-state index in [0.717, 1.165) is 16.8 Å². The monoisotopic (exact) mass is 331 g/mol. The molecule has 0 saturated heterocycles. The van der Waals surface area contributed by atoms with E-state index in [1.165, 1.54) is 19.3 Å². The Labute approximate surface area is 122 Å². The molecule has 0 spiro atoms. The molecule has 1 heterocycles. The van der Waals surface area contributed by atoms with Crippen LogP contribution in [0.25, 0.3) is 0 Å². The highest BCUT2D eigenvalue weighted by Crippen LogP contribution is 2.38. The van der Waals surface area contributed by atoms with Crippen molar-refractivity contribution >= 4 is 33.3 Å². The minimum atomic E-state index is 0.301. The number of anilines is 1. The third-order valence-corrected chi connectivity index (χ3v) is 4.70. The van der Waals surface area contributed by atoms with Crippen molar-refractivity contribution in [3.8, 4) is 0 Å². The van der Waals surface area contributed by atoms with Gasteiger partial charge in [0.1, 0.15) is 5.82 Å². The number of hydrogen-bond acceptors (Lipinski definition) is 3. The molecule has 0 aliphatic heterocycles. The van der Waals surface area contributed by atoms with E-state index in [0.29, 0.717) is 10.6 Å². The molecule has 2 rings (SSSR count). The van der Waals surface area contributed by atoms with Crippen molar-refractivity contribution in [3.63, 3.8) is 0 Å². The second kappa shape index (κ2) is 5.35. The Balaban J connectivity index is 2.14. The minimum absolute atomic E-state index is 0.301. The molecule has 1 saturated carbocycles. The summed E-state index contributed by atoms with van der Waals surface area (Å²) in [7, 11) is 6.42. The van der Waals surface area contributed by atoms with Gasteiger partial charge in [0, 0.05) is 25.3 Å². The predicted molar refractivity (Wildman–Crippen MR) is 80.5 cm³/mol. The summed E-state index contributed by atoms with van der Waals surface area (Å²) in [4.78, 5) is 8.96. The first-order chi connectivity index (χ1) is 8.44. The highest BCUT2D eigenvalue weighted by atomic mass is 79.9. The second-order valence-electron chi connectivity index (χ2n) is 5.29. The molecule has 0 unspecified atom stereocenters. The Bertz CT molecular complexity index is 432. The molecular formula is C13H19BrClN3. The van der Waals surface area contributed by atoms with E-state index in [4.69, 9.17) is 11.6 Å². The van der Waals surface area contributed by atoms with Gasteiger partial charge in [-0.15, -0.1) is 0 Å². The van der Waals surface area contributed by atoms with Crippen LogP contribution in [-0.4, -0.2) is 43.1 Å². The van der Waals surface area contributed by atoms with Crippen LogP contribution in [0.3, 0.4) is 0 Å². The minimum Gasteiger partial charge on any atom is -0.357 e. The summed E-state index contributed by atoms with van der Waals surface area (Å²) in [6, 6.07) is 1.89. The molecule has 1 aromatic rings. The zero-order valence-corrected chi connectivity index (χ0v) is 13.4. The summed E-state index contributed by atoms with van der Waals surface area (Å²) < 4.78 is 0.950. The maximum atomic E-state index is 5.92. The third kappa shape index (κ3) is 2.65. The SMILES string of the molecule is CN(CC1(N(C)C)CCC1)c1ncc(Cl)cc1Br. The average Bonchev–Trinajstić information content (AvgIpc) is 2.22. The number of nitrogens with zero attached hydrogens (tertiary/aromatic N) is 3. The van der Waals surface area contributed by atoms with Gasteiger partial charge >= 0.3 is 0 Å². The van der Waals surface area contributed by atoms with E-state index in [2.05, 4.69) is 51.9 Å². The van der Waals surface area contributed by atoms with Crippen molar-refractivity contribution in [1.29, 1.82) is 0 Å². The molecule has 5 heteroatoms. The molecule has 100 valence electrons. The lowest BCUT2D eigenvalue weighted by Gasteiger charge is -2.49. The van der Waals surface area contributed by atoms with Gasteiger partial charge in [-0.25, -0.2) is 4.98 Å². The van der Waals surface area contributed by atoms with E-state index in [-0.39, 0.29) is 0 Å². The molecule has 0 N–H and O–H groups in total. The fraction of sp³-hybridized carbons (Fsp3) is 0.615. The summed E-state index contributed by atoms with van der Waals surface area (Å²) in [6.07, 6.45) is 5.54. The Morgan fingerprint density at radius 2 is 2.06 bits per heavy atom. The summed E-state index contributed by atoms with van der Waals surface area (Å²) in [5.41, 5.74) is 0.301. The number of halogens is 2. The van der Waals surface area contributed by atoms with Gasteiger partial charge in [0.2, 0.25) is 0 Å². The van der Waals surface area contributed by atoms with Crippen LogP contribution >= 0.6 is 27.5 Å². The molecule has 1 aliphatic rings. The van der Waals surface area contributed by atoms with E-state index >= 15 is 0 Å². The molecule has 0 radical (unpaired) electrons. The van der Waals surface area contributed by atoms with Crippen molar-refractivity contribution < 1.29 is 0 Å². The number of rotatable bonds is 4. The molecule has 0 bridgehead atoms. The van der Waals surface area contributed by atoms with Crippen molar-refractivity contribution in [2.45, 2.75) is 24.8 Å². The lowest BCUT2D eigenvalue weighted by atomic mass is 9.75. The standard InChI is InChI=1S/C13H19BrClN3/c1-17(2)13(5-4-6-13)9-18(3)12-11(14)7-10(15)8-16-12/h7-8H,4-6,9H2,1-3H3. The lowest BCUT2D eigenvalue weighted by molar-refractivity contribution is 0.0681. The molecule has 1 fully saturated rings. The van der Waals surface area contributed by atoms with Crippen LogP contribution < -0.4 is 4.90 Å². The fourth-order valence-electron chi connectivity index (χ4n) is 2.54.